The highest BCUT2D eigenvalue weighted by Gasteiger charge is 2.26. The van der Waals surface area contributed by atoms with Gasteiger partial charge in [0.2, 0.25) is 5.78 Å². The summed E-state index contributed by atoms with van der Waals surface area (Å²) in [7, 11) is 0. The minimum absolute atomic E-state index is 0.240. The first-order chi connectivity index (χ1) is 6.61. The maximum absolute atomic E-state index is 11.4. The number of aliphatic hydroxyl groups is 1. The fraction of sp³-hybridized carbons (Fsp3) is 0. The molecule has 0 bridgehead atoms. The number of rotatable bonds is 0. The highest BCUT2D eigenvalue weighted by atomic mass is 79.9. The van der Waals surface area contributed by atoms with Crippen molar-refractivity contribution in [1.29, 1.82) is 0 Å². The van der Waals surface area contributed by atoms with Gasteiger partial charge in [-0.05, 0) is 6.07 Å². The van der Waals surface area contributed by atoms with E-state index in [1.165, 1.54) is 6.07 Å². The second kappa shape index (κ2) is 3.06. The molecule has 4 heteroatoms. The molecule has 0 unspecified atom stereocenters. The van der Waals surface area contributed by atoms with E-state index in [-0.39, 0.29) is 11.3 Å². The summed E-state index contributed by atoms with van der Waals surface area (Å²) in [6.07, 6.45) is 0.940. The number of hydrogen-bond donors (Lipinski definition) is 1. The highest BCUT2D eigenvalue weighted by Crippen LogP contribution is 2.26. The van der Waals surface area contributed by atoms with Crippen LogP contribution in [0.15, 0.2) is 34.5 Å². The van der Waals surface area contributed by atoms with Crippen molar-refractivity contribution < 1.29 is 14.7 Å². The summed E-state index contributed by atoms with van der Waals surface area (Å²) in [5.41, 5.74) is 0.555. The Morgan fingerprint density at radius 1 is 1.21 bits per heavy atom. The summed E-state index contributed by atoms with van der Waals surface area (Å²) in [5, 5.41) is 9.16. The van der Waals surface area contributed by atoms with E-state index in [1.807, 2.05) is 0 Å². The molecule has 14 heavy (non-hydrogen) atoms. The quantitative estimate of drug-likeness (QED) is 0.771. The summed E-state index contributed by atoms with van der Waals surface area (Å²) >= 11 is 3.19. The van der Waals surface area contributed by atoms with Crippen LogP contribution in [0, 0.1) is 0 Å². The Morgan fingerprint density at radius 2 is 1.93 bits per heavy atom. The van der Waals surface area contributed by atoms with Crippen molar-refractivity contribution in [3.05, 3.63) is 45.6 Å². The number of allylic oxidation sites excluding steroid dienone is 2. The monoisotopic (exact) mass is 252 g/mol. The van der Waals surface area contributed by atoms with Gasteiger partial charge in [-0.25, -0.2) is 0 Å². The molecule has 1 N–H and O–H groups in total. The molecule has 1 aromatic rings. The summed E-state index contributed by atoms with van der Waals surface area (Å²) < 4.78 is 0.567. The third kappa shape index (κ3) is 1.19. The molecule has 70 valence electrons. The molecule has 0 aliphatic heterocycles. The fourth-order valence-corrected chi connectivity index (χ4v) is 1.93. The van der Waals surface area contributed by atoms with Crippen LogP contribution in [0.4, 0.5) is 0 Å². The normalized spacial score (nSPS) is 15.1. The van der Waals surface area contributed by atoms with Gasteiger partial charge < -0.3 is 5.11 Å². The van der Waals surface area contributed by atoms with Crippen LogP contribution in [-0.2, 0) is 0 Å². The van der Waals surface area contributed by atoms with E-state index in [2.05, 4.69) is 15.9 Å². The van der Waals surface area contributed by atoms with Crippen molar-refractivity contribution in [1.82, 2.24) is 0 Å². The van der Waals surface area contributed by atoms with Gasteiger partial charge in [0.05, 0.1) is 0 Å². The van der Waals surface area contributed by atoms with Crippen molar-refractivity contribution in [3.63, 3.8) is 0 Å². The summed E-state index contributed by atoms with van der Waals surface area (Å²) in [5.74, 6) is -1.37. The zero-order valence-corrected chi connectivity index (χ0v) is 8.54. The number of aliphatic hydroxyl groups excluding tert-OH is 1. The van der Waals surface area contributed by atoms with Gasteiger partial charge >= 0.3 is 0 Å². The third-order valence-corrected chi connectivity index (χ3v) is 2.67. The number of halogens is 1. The summed E-state index contributed by atoms with van der Waals surface area (Å²) in [6.45, 7) is 0. The van der Waals surface area contributed by atoms with Crippen LogP contribution in [0.5, 0.6) is 0 Å². The van der Waals surface area contributed by atoms with Crippen molar-refractivity contribution >= 4 is 27.5 Å². The van der Waals surface area contributed by atoms with Crippen molar-refractivity contribution in [2.24, 2.45) is 0 Å². The van der Waals surface area contributed by atoms with Crippen LogP contribution in [-0.4, -0.2) is 16.7 Å². The number of benzene rings is 1. The molecule has 1 aliphatic rings. The molecule has 0 atom stereocenters. The van der Waals surface area contributed by atoms with Gasteiger partial charge in [0.25, 0.3) is 0 Å². The molecule has 3 nitrogen and oxygen atoms in total. The van der Waals surface area contributed by atoms with E-state index in [4.69, 9.17) is 5.11 Å². The SMILES string of the molecule is O=C1C(O)=CC(=O)c2c(Br)cccc21. The fourth-order valence-electron chi connectivity index (χ4n) is 1.36. The molecule has 1 aromatic carbocycles. The van der Waals surface area contributed by atoms with Crippen molar-refractivity contribution in [2.75, 3.05) is 0 Å². The van der Waals surface area contributed by atoms with E-state index < -0.39 is 11.5 Å². The smallest absolute Gasteiger partial charge is 0.228 e. The minimum Gasteiger partial charge on any atom is -0.504 e. The predicted molar refractivity (Wildman–Crippen MR) is 53.5 cm³/mol. The average Bonchev–Trinajstić information content (AvgIpc) is 2.14. The molecule has 0 saturated heterocycles. The average molecular weight is 253 g/mol. The topological polar surface area (TPSA) is 54.4 Å². The van der Waals surface area contributed by atoms with Crippen LogP contribution in [0.3, 0.4) is 0 Å². The Kier molecular flexibility index (Phi) is 2.00. The minimum atomic E-state index is -0.513. The molecule has 1 aliphatic carbocycles. The number of fused-ring (bicyclic) bond motifs is 1. The molecule has 0 radical (unpaired) electrons. The van der Waals surface area contributed by atoms with E-state index in [0.29, 0.717) is 10.0 Å². The van der Waals surface area contributed by atoms with Gasteiger partial charge in [0.1, 0.15) is 0 Å². The number of carbonyl (C=O) groups excluding carboxylic acids is 2. The second-order valence-electron chi connectivity index (χ2n) is 2.89. The maximum atomic E-state index is 11.4. The van der Waals surface area contributed by atoms with Gasteiger partial charge in [0.15, 0.2) is 11.5 Å². The first-order valence-corrected chi connectivity index (χ1v) is 4.69. The Balaban J connectivity index is 2.75. The molecule has 0 amide bonds. The molecular weight excluding hydrogens is 248 g/mol. The van der Waals surface area contributed by atoms with E-state index in [9.17, 15) is 9.59 Å². The van der Waals surface area contributed by atoms with E-state index in [0.717, 1.165) is 6.08 Å². The molecule has 0 aromatic heterocycles. The Labute approximate surface area is 88.2 Å². The Bertz CT molecular complexity index is 474. The molecule has 0 fully saturated rings. The molecule has 2 rings (SSSR count). The molecule has 0 spiro atoms. The first-order valence-electron chi connectivity index (χ1n) is 3.89. The lowest BCUT2D eigenvalue weighted by molar-refractivity contribution is 0.0939. The standard InChI is InChI=1S/C10H5BrO3/c11-6-3-1-2-5-9(6)7(12)4-8(13)10(5)14/h1-4,13H. The third-order valence-electron chi connectivity index (χ3n) is 2.01. The van der Waals surface area contributed by atoms with Crippen molar-refractivity contribution in [2.45, 2.75) is 0 Å². The first kappa shape index (κ1) is 9.15. The molecular formula is C10H5BrO3. The highest BCUT2D eigenvalue weighted by molar-refractivity contribution is 9.10. The second-order valence-corrected chi connectivity index (χ2v) is 3.74. The number of ketones is 2. The van der Waals surface area contributed by atoms with Gasteiger partial charge in [-0.15, -0.1) is 0 Å². The van der Waals surface area contributed by atoms with Crippen LogP contribution < -0.4 is 0 Å². The molecule has 0 saturated carbocycles. The van der Waals surface area contributed by atoms with Crippen LogP contribution >= 0.6 is 15.9 Å². The lowest BCUT2D eigenvalue weighted by atomic mass is 9.94. The van der Waals surface area contributed by atoms with E-state index in [1.54, 1.807) is 12.1 Å². The predicted octanol–water partition coefficient (Wildman–Crippen LogP) is 2.27. The van der Waals surface area contributed by atoms with Gasteiger partial charge in [-0.3, -0.25) is 9.59 Å². The zero-order valence-electron chi connectivity index (χ0n) is 6.95. The van der Waals surface area contributed by atoms with Crippen LogP contribution in [0.1, 0.15) is 20.7 Å². The Morgan fingerprint density at radius 3 is 2.64 bits per heavy atom. The van der Waals surface area contributed by atoms with Gasteiger partial charge in [-0.1, -0.05) is 28.1 Å². The largest absolute Gasteiger partial charge is 0.504 e. The summed E-state index contributed by atoms with van der Waals surface area (Å²) in [4.78, 5) is 22.9. The van der Waals surface area contributed by atoms with Crippen LogP contribution in [0.25, 0.3) is 0 Å². The van der Waals surface area contributed by atoms with Crippen LogP contribution in [0.2, 0.25) is 0 Å². The lowest BCUT2D eigenvalue weighted by Gasteiger charge is -2.12. The number of hydrogen-bond acceptors (Lipinski definition) is 3. The zero-order chi connectivity index (χ0) is 10.3. The van der Waals surface area contributed by atoms with Gasteiger partial charge in [-0.2, -0.15) is 0 Å². The van der Waals surface area contributed by atoms with Gasteiger partial charge in [0, 0.05) is 21.7 Å². The maximum Gasteiger partial charge on any atom is 0.228 e. The number of carbonyl (C=O) groups is 2. The van der Waals surface area contributed by atoms with E-state index >= 15 is 0 Å². The van der Waals surface area contributed by atoms with Crippen molar-refractivity contribution in [3.8, 4) is 0 Å². The molecule has 0 heterocycles. The lowest BCUT2D eigenvalue weighted by Crippen LogP contribution is -2.17. The number of Topliss-reactive ketones (excluding diaryl/α,β-unsaturated/α-hetero) is 1. The Hall–Kier alpha value is -1.42. The summed E-state index contributed by atoms with van der Waals surface area (Å²) in [6, 6.07) is 4.84.